The number of hydrogen-bond donors (Lipinski definition) is 1. The quantitative estimate of drug-likeness (QED) is 0.380. The second-order valence-electron chi connectivity index (χ2n) is 9.48. The van der Waals surface area contributed by atoms with Gasteiger partial charge in [0.05, 0.1) is 30.3 Å². The van der Waals surface area contributed by atoms with Crippen LogP contribution in [0.4, 0.5) is 5.69 Å². The van der Waals surface area contributed by atoms with E-state index in [1.807, 2.05) is 26.8 Å². The van der Waals surface area contributed by atoms with Crippen LogP contribution in [0, 0.1) is 0 Å². The Balaban J connectivity index is 1.64. The fraction of sp³-hybridized carbons (Fsp3) is 0.321. The monoisotopic (exact) mass is 558 g/mol. The number of methoxy groups -OCH3 is 1. The van der Waals surface area contributed by atoms with Crippen molar-refractivity contribution >= 4 is 33.2 Å². The van der Waals surface area contributed by atoms with Crippen molar-refractivity contribution in [1.82, 2.24) is 5.32 Å². The summed E-state index contributed by atoms with van der Waals surface area (Å²) in [5.74, 6) is 1.40. The minimum absolute atomic E-state index is 0.0215. The van der Waals surface area contributed by atoms with Gasteiger partial charge < -0.3 is 19.5 Å². The van der Waals surface area contributed by atoms with Crippen LogP contribution in [0.15, 0.2) is 71.6 Å². The van der Waals surface area contributed by atoms with E-state index in [0.29, 0.717) is 41.0 Å². The Labute approximate surface area is 228 Å². The molecule has 1 heterocycles. The van der Waals surface area contributed by atoms with Gasteiger partial charge in [0, 0.05) is 23.1 Å². The van der Waals surface area contributed by atoms with E-state index in [4.69, 9.17) is 25.8 Å². The Kier molecular flexibility index (Phi) is 8.08. The highest BCUT2D eigenvalue weighted by Crippen LogP contribution is 2.41. The molecule has 1 aliphatic heterocycles. The summed E-state index contributed by atoms with van der Waals surface area (Å²) in [5.41, 5.74) is 0.573. The van der Waals surface area contributed by atoms with Crippen LogP contribution in [0.5, 0.6) is 17.2 Å². The third-order valence-electron chi connectivity index (χ3n) is 6.14. The standard InChI is InChI=1S/C28H31ClN2O6S/c1-5-36-21-10-8-20(9-11-21)31(38(33,34)23-13-6-19(29)7-14-23)18-27(32)30-25-17-28(2,3)37-26-16-22(35-4)12-15-24(25)26/h6-16,25H,5,17-18H2,1-4H3,(H,30,32). The molecule has 0 spiro atoms. The molecule has 0 saturated carbocycles. The average Bonchev–Trinajstić information content (AvgIpc) is 2.87. The van der Waals surface area contributed by atoms with Crippen molar-refractivity contribution in [2.45, 2.75) is 43.7 Å². The van der Waals surface area contributed by atoms with E-state index in [1.54, 1.807) is 43.5 Å². The van der Waals surface area contributed by atoms with Gasteiger partial charge in [-0.05, 0) is 81.4 Å². The van der Waals surface area contributed by atoms with Crippen LogP contribution in [0.3, 0.4) is 0 Å². The second kappa shape index (κ2) is 11.1. The summed E-state index contributed by atoms with van der Waals surface area (Å²) < 4.78 is 45.4. The van der Waals surface area contributed by atoms with Gasteiger partial charge in [0.1, 0.15) is 29.4 Å². The molecule has 1 amide bonds. The molecule has 1 aliphatic rings. The number of halogens is 1. The lowest BCUT2D eigenvalue weighted by molar-refractivity contribution is -0.120. The zero-order valence-electron chi connectivity index (χ0n) is 21.7. The maximum Gasteiger partial charge on any atom is 0.264 e. The molecular weight excluding hydrogens is 528 g/mol. The Morgan fingerprint density at radius 3 is 2.37 bits per heavy atom. The largest absolute Gasteiger partial charge is 0.497 e. The molecule has 0 saturated heterocycles. The second-order valence-corrected chi connectivity index (χ2v) is 11.8. The molecule has 10 heteroatoms. The summed E-state index contributed by atoms with van der Waals surface area (Å²) in [7, 11) is -2.52. The predicted molar refractivity (Wildman–Crippen MR) is 147 cm³/mol. The van der Waals surface area contributed by atoms with Crippen LogP contribution in [-0.2, 0) is 14.8 Å². The van der Waals surface area contributed by atoms with E-state index < -0.39 is 28.1 Å². The number of carbonyl (C=O) groups is 1. The summed E-state index contributed by atoms with van der Waals surface area (Å²) in [6.45, 7) is 5.78. The van der Waals surface area contributed by atoms with Crippen LogP contribution in [0.25, 0.3) is 0 Å². The first-order valence-corrected chi connectivity index (χ1v) is 14.0. The van der Waals surface area contributed by atoms with E-state index in [-0.39, 0.29) is 10.9 Å². The number of anilines is 1. The Morgan fingerprint density at radius 1 is 1.08 bits per heavy atom. The SMILES string of the molecule is CCOc1ccc(N(CC(=O)NC2CC(C)(C)Oc3cc(OC)ccc32)S(=O)(=O)c2ccc(Cl)cc2)cc1. The molecule has 0 aromatic heterocycles. The molecule has 4 rings (SSSR count). The highest BCUT2D eigenvalue weighted by Gasteiger charge is 2.36. The van der Waals surface area contributed by atoms with Crippen molar-refractivity contribution in [3.05, 3.63) is 77.3 Å². The number of rotatable bonds is 9. The predicted octanol–water partition coefficient (Wildman–Crippen LogP) is 5.36. The third-order valence-corrected chi connectivity index (χ3v) is 8.18. The van der Waals surface area contributed by atoms with Crippen LogP contribution >= 0.6 is 11.6 Å². The number of fused-ring (bicyclic) bond motifs is 1. The smallest absolute Gasteiger partial charge is 0.264 e. The molecule has 1 N–H and O–H groups in total. The summed E-state index contributed by atoms with van der Waals surface area (Å²) in [6, 6.07) is 17.5. The number of carbonyl (C=O) groups excluding carboxylic acids is 1. The van der Waals surface area contributed by atoms with Crippen LogP contribution in [-0.4, -0.2) is 40.2 Å². The molecule has 0 aliphatic carbocycles. The third kappa shape index (κ3) is 6.16. The molecule has 38 heavy (non-hydrogen) atoms. The van der Waals surface area contributed by atoms with Crippen molar-refractivity contribution in [2.24, 2.45) is 0 Å². The number of sulfonamides is 1. The highest BCUT2D eigenvalue weighted by atomic mass is 35.5. The van der Waals surface area contributed by atoms with E-state index in [2.05, 4.69) is 5.32 Å². The van der Waals surface area contributed by atoms with E-state index in [0.717, 1.165) is 9.87 Å². The van der Waals surface area contributed by atoms with Gasteiger partial charge in [0.25, 0.3) is 10.0 Å². The topological polar surface area (TPSA) is 94.2 Å². The van der Waals surface area contributed by atoms with Crippen molar-refractivity contribution in [2.75, 3.05) is 24.6 Å². The van der Waals surface area contributed by atoms with Gasteiger partial charge in [-0.2, -0.15) is 0 Å². The lowest BCUT2D eigenvalue weighted by Gasteiger charge is -2.38. The zero-order valence-corrected chi connectivity index (χ0v) is 23.3. The summed E-state index contributed by atoms with van der Waals surface area (Å²) in [5, 5.41) is 3.43. The number of amides is 1. The lowest BCUT2D eigenvalue weighted by atomic mass is 9.89. The zero-order chi connectivity index (χ0) is 27.5. The Bertz CT molecular complexity index is 1390. The average molecular weight is 559 g/mol. The highest BCUT2D eigenvalue weighted by molar-refractivity contribution is 7.92. The van der Waals surface area contributed by atoms with Crippen LogP contribution < -0.4 is 23.8 Å². The Hall–Kier alpha value is -3.43. The van der Waals surface area contributed by atoms with Crippen molar-refractivity contribution in [3.8, 4) is 17.2 Å². The molecule has 0 radical (unpaired) electrons. The molecule has 1 unspecified atom stereocenters. The summed E-state index contributed by atoms with van der Waals surface area (Å²) in [6.07, 6.45) is 0.505. The van der Waals surface area contributed by atoms with Gasteiger partial charge in [-0.3, -0.25) is 9.10 Å². The van der Waals surface area contributed by atoms with E-state index in [9.17, 15) is 13.2 Å². The number of nitrogens with one attached hydrogen (secondary N) is 1. The molecular formula is C28H31ClN2O6S. The van der Waals surface area contributed by atoms with Crippen LogP contribution in [0.2, 0.25) is 5.02 Å². The van der Waals surface area contributed by atoms with Crippen molar-refractivity contribution in [1.29, 1.82) is 0 Å². The van der Waals surface area contributed by atoms with Gasteiger partial charge >= 0.3 is 0 Å². The maximum atomic E-state index is 13.7. The van der Waals surface area contributed by atoms with Gasteiger partial charge in [0.15, 0.2) is 0 Å². The molecule has 0 bridgehead atoms. The normalized spacial score (nSPS) is 16.1. The van der Waals surface area contributed by atoms with Crippen LogP contribution in [0.1, 0.15) is 38.8 Å². The molecule has 8 nitrogen and oxygen atoms in total. The molecule has 3 aromatic rings. The molecule has 3 aromatic carbocycles. The van der Waals surface area contributed by atoms with Gasteiger partial charge in [-0.15, -0.1) is 0 Å². The van der Waals surface area contributed by atoms with Crippen molar-refractivity contribution < 1.29 is 27.4 Å². The lowest BCUT2D eigenvalue weighted by Crippen LogP contribution is -2.45. The molecule has 0 fully saturated rings. The number of nitrogens with zero attached hydrogens (tertiary/aromatic N) is 1. The van der Waals surface area contributed by atoms with E-state index in [1.165, 1.54) is 24.3 Å². The van der Waals surface area contributed by atoms with Gasteiger partial charge in [-0.1, -0.05) is 11.6 Å². The molecule has 202 valence electrons. The minimum Gasteiger partial charge on any atom is -0.497 e. The van der Waals surface area contributed by atoms with Gasteiger partial charge in [-0.25, -0.2) is 8.42 Å². The van der Waals surface area contributed by atoms with Gasteiger partial charge in [0.2, 0.25) is 5.91 Å². The first-order valence-electron chi connectivity index (χ1n) is 12.2. The Morgan fingerprint density at radius 2 is 1.74 bits per heavy atom. The summed E-state index contributed by atoms with van der Waals surface area (Å²) in [4.78, 5) is 13.4. The number of hydrogen-bond acceptors (Lipinski definition) is 6. The number of benzene rings is 3. The number of ether oxygens (including phenoxy) is 3. The fourth-order valence-electron chi connectivity index (χ4n) is 4.38. The summed E-state index contributed by atoms with van der Waals surface area (Å²) >= 11 is 5.98. The minimum atomic E-state index is -4.09. The van der Waals surface area contributed by atoms with E-state index >= 15 is 0 Å². The first kappa shape index (κ1) is 27.6. The maximum absolute atomic E-state index is 13.7. The first-order chi connectivity index (χ1) is 18.0. The fourth-order valence-corrected chi connectivity index (χ4v) is 5.93. The molecule has 1 atom stereocenters. The van der Waals surface area contributed by atoms with Crippen molar-refractivity contribution in [3.63, 3.8) is 0 Å².